The molecule has 1 N–H and O–H groups in total. The van der Waals surface area contributed by atoms with E-state index in [0.29, 0.717) is 22.9 Å². The van der Waals surface area contributed by atoms with Crippen LogP contribution >= 0.6 is 11.6 Å². The minimum Gasteiger partial charge on any atom is -0.494 e. The molecule has 0 radical (unpaired) electrons. The zero-order chi connectivity index (χ0) is 30.3. The molecule has 0 saturated heterocycles. The number of hydrogen-bond acceptors (Lipinski definition) is 5. The summed E-state index contributed by atoms with van der Waals surface area (Å²) in [4.78, 5) is 28.6. The van der Waals surface area contributed by atoms with Gasteiger partial charge in [0.2, 0.25) is 11.8 Å². The normalized spacial score (nSPS) is 14.3. The SMILES string of the molecule is CCOc1ccc(S(=O)(=O)N(CC(=O)N(Cc2cccc(Cl)c2)C(C)C(=O)NC2CCCC2)c2ccc(F)cc2)cc1. The molecule has 1 aliphatic carbocycles. The van der Waals surface area contributed by atoms with Crippen molar-refractivity contribution in [2.75, 3.05) is 17.5 Å². The predicted octanol–water partition coefficient (Wildman–Crippen LogP) is 5.55. The first-order valence-electron chi connectivity index (χ1n) is 13.9. The topological polar surface area (TPSA) is 96.0 Å². The number of sulfonamides is 1. The number of carbonyl (C=O) groups is 2. The summed E-state index contributed by atoms with van der Waals surface area (Å²) in [5.41, 5.74) is 0.781. The highest BCUT2D eigenvalue weighted by atomic mass is 35.5. The van der Waals surface area contributed by atoms with Crippen LogP contribution in [0, 0.1) is 5.82 Å². The second-order valence-corrected chi connectivity index (χ2v) is 12.5. The van der Waals surface area contributed by atoms with E-state index in [1.165, 1.54) is 41.3 Å². The minimum absolute atomic E-state index is 0.0268. The van der Waals surface area contributed by atoms with Crippen molar-refractivity contribution in [2.24, 2.45) is 0 Å². The molecule has 224 valence electrons. The average Bonchev–Trinajstić information content (AvgIpc) is 3.48. The standard InChI is InChI=1S/C31H35ClFN3O5S/c1-3-41-28-15-17-29(18-16-28)42(39,40)36(27-13-11-25(33)12-14-27)21-30(37)35(20-23-7-6-8-24(32)19-23)22(2)31(38)34-26-9-4-5-10-26/h6-8,11-19,22,26H,3-5,9-10,20-21H2,1-2H3,(H,34,38). The van der Waals surface area contributed by atoms with Crippen LogP contribution in [0.25, 0.3) is 0 Å². The molecule has 11 heteroatoms. The van der Waals surface area contributed by atoms with Gasteiger partial charge in [-0.15, -0.1) is 0 Å². The number of nitrogens with one attached hydrogen (secondary N) is 1. The highest BCUT2D eigenvalue weighted by Gasteiger charge is 2.33. The fraction of sp³-hybridized carbons (Fsp3) is 0.355. The Balaban J connectivity index is 1.67. The number of ether oxygens (including phenoxy) is 1. The molecule has 3 aromatic carbocycles. The molecular weight excluding hydrogens is 581 g/mol. The predicted molar refractivity (Wildman–Crippen MR) is 160 cm³/mol. The molecule has 0 heterocycles. The molecule has 1 saturated carbocycles. The van der Waals surface area contributed by atoms with Crippen LogP contribution in [0.3, 0.4) is 0 Å². The Kier molecular flexibility index (Phi) is 10.5. The summed E-state index contributed by atoms with van der Waals surface area (Å²) in [6.45, 7) is 3.26. The smallest absolute Gasteiger partial charge is 0.264 e. The van der Waals surface area contributed by atoms with E-state index in [2.05, 4.69) is 5.32 Å². The molecule has 4 rings (SSSR count). The second kappa shape index (κ2) is 14.0. The van der Waals surface area contributed by atoms with Gasteiger partial charge in [0.15, 0.2) is 0 Å². The number of halogens is 2. The van der Waals surface area contributed by atoms with E-state index in [1.54, 1.807) is 31.2 Å². The van der Waals surface area contributed by atoms with Crippen LogP contribution in [0.15, 0.2) is 77.7 Å². The van der Waals surface area contributed by atoms with Gasteiger partial charge in [0.05, 0.1) is 17.2 Å². The van der Waals surface area contributed by atoms with Gasteiger partial charge in [-0.1, -0.05) is 36.6 Å². The molecule has 0 bridgehead atoms. The lowest BCUT2D eigenvalue weighted by Gasteiger charge is -2.32. The quantitative estimate of drug-likeness (QED) is 0.288. The van der Waals surface area contributed by atoms with Gasteiger partial charge in [-0.3, -0.25) is 13.9 Å². The van der Waals surface area contributed by atoms with Crippen LogP contribution in [0.4, 0.5) is 10.1 Å². The molecule has 0 spiro atoms. The molecule has 0 aromatic heterocycles. The van der Waals surface area contributed by atoms with Crippen molar-refractivity contribution >= 4 is 39.1 Å². The Morgan fingerprint density at radius 2 is 1.71 bits per heavy atom. The maximum atomic E-state index is 14.0. The molecule has 1 atom stereocenters. The first kappa shape index (κ1) is 31.3. The van der Waals surface area contributed by atoms with Crippen LogP contribution < -0.4 is 14.4 Å². The van der Waals surface area contributed by atoms with Gasteiger partial charge >= 0.3 is 0 Å². The number of nitrogens with zero attached hydrogens (tertiary/aromatic N) is 2. The summed E-state index contributed by atoms with van der Waals surface area (Å²) in [6.07, 6.45) is 3.81. The number of benzene rings is 3. The zero-order valence-electron chi connectivity index (χ0n) is 23.6. The fourth-order valence-corrected chi connectivity index (χ4v) is 6.57. The van der Waals surface area contributed by atoms with Crippen molar-refractivity contribution in [3.8, 4) is 5.75 Å². The van der Waals surface area contributed by atoms with Gasteiger partial charge < -0.3 is 15.0 Å². The summed E-state index contributed by atoms with van der Waals surface area (Å²) >= 11 is 6.19. The van der Waals surface area contributed by atoms with Crippen LogP contribution in [-0.4, -0.2) is 50.4 Å². The zero-order valence-corrected chi connectivity index (χ0v) is 25.2. The molecule has 0 aliphatic heterocycles. The summed E-state index contributed by atoms with van der Waals surface area (Å²) in [6, 6.07) is 16.7. The van der Waals surface area contributed by atoms with Crippen molar-refractivity contribution in [1.82, 2.24) is 10.2 Å². The van der Waals surface area contributed by atoms with E-state index in [-0.39, 0.29) is 29.1 Å². The van der Waals surface area contributed by atoms with Crippen molar-refractivity contribution < 1.29 is 27.1 Å². The number of anilines is 1. The lowest BCUT2D eigenvalue weighted by Crippen LogP contribution is -2.52. The van der Waals surface area contributed by atoms with E-state index < -0.39 is 34.3 Å². The van der Waals surface area contributed by atoms with E-state index in [4.69, 9.17) is 16.3 Å². The van der Waals surface area contributed by atoms with E-state index in [0.717, 1.165) is 42.1 Å². The summed E-state index contributed by atoms with van der Waals surface area (Å²) in [7, 11) is -4.29. The van der Waals surface area contributed by atoms with Gasteiger partial charge in [0, 0.05) is 17.6 Å². The Labute approximate surface area is 251 Å². The average molecular weight is 616 g/mol. The lowest BCUT2D eigenvalue weighted by molar-refractivity contribution is -0.139. The van der Waals surface area contributed by atoms with Crippen LogP contribution in [0.2, 0.25) is 5.02 Å². The highest BCUT2D eigenvalue weighted by Crippen LogP contribution is 2.27. The lowest BCUT2D eigenvalue weighted by atomic mass is 10.1. The molecule has 3 aromatic rings. The van der Waals surface area contributed by atoms with Crippen molar-refractivity contribution in [3.05, 3.63) is 89.2 Å². The Morgan fingerprint density at radius 1 is 1.05 bits per heavy atom. The maximum absolute atomic E-state index is 14.0. The maximum Gasteiger partial charge on any atom is 0.264 e. The Hall–Kier alpha value is -3.63. The van der Waals surface area contributed by atoms with Crippen LogP contribution in [0.1, 0.15) is 45.1 Å². The van der Waals surface area contributed by atoms with Gasteiger partial charge in [-0.2, -0.15) is 0 Å². The summed E-state index contributed by atoms with van der Waals surface area (Å²) in [5.74, 6) is -0.984. The van der Waals surface area contributed by atoms with Crippen molar-refractivity contribution in [2.45, 2.75) is 63.1 Å². The number of carbonyl (C=O) groups excluding carboxylic acids is 2. The molecular formula is C31H35ClFN3O5S. The summed E-state index contributed by atoms with van der Waals surface area (Å²) in [5, 5.41) is 3.50. The fourth-order valence-electron chi connectivity index (χ4n) is 4.94. The second-order valence-electron chi connectivity index (χ2n) is 10.2. The van der Waals surface area contributed by atoms with E-state index >= 15 is 0 Å². The Bertz CT molecular complexity index is 1480. The number of rotatable bonds is 12. The number of hydrogen-bond donors (Lipinski definition) is 1. The molecule has 1 unspecified atom stereocenters. The molecule has 8 nitrogen and oxygen atoms in total. The van der Waals surface area contributed by atoms with E-state index in [1.807, 2.05) is 6.92 Å². The van der Waals surface area contributed by atoms with Gasteiger partial charge in [-0.05, 0) is 92.9 Å². The largest absolute Gasteiger partial charge is 0.494 e. The van der Waals surface area contributed by atoms with Crippen LogP contribution in [0.5, 0.6) is 5.75 Å². The third kappa shape index (κ3) is 7.80. The highest BCUT2D eigenvalue weighted by molar-refractivity contribution is 7.92. The van der Waals surface area contributed by atoms with E-state index in [9.17, 15) is 22.4 Å². The third-order valence-electron chi connectivity index (χ3n) is 7.23. The van der Waals surface area contributed by atoms with Gasteiger partial charge in [0.1, 0.15) is 24.2 Å². The molecule has 1 fully saturated rings. The number of amides is 2. The third-order valence-corrected chi connectivity index (χ3v) is 9.25. The van der Waals surface area contributed by atoms with Gasteiger partial charge in [0.25, 0.3) is 10.0 Å². The van der Waals surface area contributed by atoms with Crippen molar-refractivity contribution in [1.29, 1.82) is 0 Å². The molecule has 42 heavy (non-hydrogen) atoms. The molecule has 1 aliphatic rings. The summed E-state index contributed by atoms with van der Waals surface area (Å²) < 4.78 is 48.0. The van der Waals surface area contributed by atoms with Crippen molar-refractivity contribution in [3.63, 3.8) is 0 Å². The Morgan fingerprint density at radius 3 is 2.33 bits per heavy atom. The van der Waals surface area contributed by atoms with Crippen LogP contribution in [-0.2, 0) is 26.2 Å². The monoisotopic (exact) mass is 615 g/mol. The first-order chi connectivity index (χ1) is 20.1. The molecule has 2 amide bonds. The minimum atomic E-state index is -4.29. The van der Waals surface area contributed by atoms with Gasteiger partial charge in [-0.25, -0.2) is 12.8 Å². The first-order valence-corrected chi connectivity index (χ1v) is 15.8.